The number of aliphatic carboxylic acids is 1. The number of phosphoric acid groups is 1. The zero-order valence-corrected chi connectivity index (χ0v) is 36.3. The van der Waals surface area contributed by atoms with Crippen LogP contribution < -0.4 is 5.73 Å². The molecule has 0 aromatic carbocycles. The minimum absolute atomic E-state index is 0.0668. The van der Waals surface area contributed by atoms with Crippen molar-refractivity contribution in [1.82, 2.24) is 0 Å². The Kier molecular flexibility index (Phi) is 30.9. The van der Waals surface area contributed by atoms with E-state index in [0.29, 0.717) is 19.3 Å². The molecule has 1 rings (SSSR count). The molecular formula is C44H74NO13P. The second-order valence-electron chi connectivity index (χ2n) is 15.1. The zero-order valence-electron chi connectivity index (χ0n) is 35.4. The number of aliphatic hydroxyl groups is 3. The minimum atomic E-state index is -4.81. The molecule has 0 radical (unpaired) electrons. The number of hydrogen-bond donors (Lipinski definition) is 6. The van der Waals surface area contributed by atoms with Crippen LogP contribution in [0.2, 0.25) is 0 Å². The Balaban J connectivity index is 2.58. The number of phosphoric ester groups is 1. The molecule has 7 N–H and O–H groups in total. The molecule has 0 bridgehead atoms. The van der Waals surface area contributed by atoms with Crippen molar-refractivity contribution in [3.05, 3.63) is 60.8 Å². The molecule has 1 aliphatic carbocycles. The van der Waals surface area contributed by atoms with Crippen molar-refractivity contribution in [3.8, 4) is 0 Å². The highest BCUT2D eigenvalue weighted by molar-refractivity contribution is 7.47. The van der Waals surface area contributed by atoms with Gasteiger partial charge >= 0.3 is 25.7 Å². The van der Waals surface area contributed by atoms with Crippen molar-refractivity contribution in [3.63, 3.8) is 0 Å². The number of allylic oxidation sites excluding steroid dienone is 7. The fourth-order valence-corrected chi connectivity index (χ4v) is 7.11. The highest BCUT2D eigenvalue weighted by Gasteiger charge is 2.39. The molecule has 14 nitrogen and oxygen atoms in total. The minimum Gasteiger partial charge on any atom is -0.480 e. The second kappa shape index (κ2) is 33.7. The first-order chi connectivity index (χ1) is 28.3. The van der Waals surface area contributed by atoms with E-state index in [1.54, 1.807) is 24.3 Å². The quantitative estimate of drug-likeness (QED) is 0.0156. The Morgan fingerprint density at radius 2 is 1.37 bits per heavy atom. The van der Waals surface area contributed by atoms with Gasteiger partial charge < -0.3 is 40.5 Å². The molecular weight excluding hydrogens is 781 g/mol. The van der Waals surface area contributed by atoms with E-state index in [1.165, 1.54) is 19.3 Å². The van der Waals surface area contributed by atoms with Gasteiger partial charge in [0.25, 0.3) is 0 Å². The molecule has 0 aliphatic heterocycles. The Hall–Kier alpha value is -2.94. The lowest BCUT2D eigenvalue weighted by molar-refractivity contribution is -0.160. The third-order valence-electron chi connectivity index (χ3n) is 9.84. The summed E-state index contributed by atoms with van der Waals surface area (Å²) in [4.78, 5) is 46.2. The number of rotatable bonds is 35. The molecule has 1 saturated carbocycles. The molecule has 0 amide bonds. The highest BCUT2D eigenvalue weighted by Crippen LogP contribution is 2.43. The van der Waals surface area contributed by atoms with Crippen molar-refractivity contribution in [2.45, 2.75) is 166 Å². The van der Waals surface area contributed by atoms with E-state index >= 15 is 0 Å². The smallest absolute Gasteiger partial charge is 0.472 e. The lowest BCUT2D eigenvalue weighted by Crippen LogP contribution is -2.34. The number of carbonyl (C=O) groups excluding carboxylic acids is 2. The van der Waals surface area contributed by atoms with Crippen molar-refractivity contribution in [2.24, 2.45) is 17.6 Å². The van der Waals surface area contributed by atoms with Crippen molar-refractivity contribution in [2.75, 3.05) is 19.8 Å². The Labute approximate surface area is 352 Å². The summed E-state index contributed by atoms with van der Waals surface area (Å²) < 4.78 is 32.6. The van der Waals surface area contributed by atoms with E-state index in [4.69, 9.17) is 24.8 Å². The summed E-state index contributed by atoms with van der Waals surface area (Å²) in [6.07, 6.45) is 31.3. The molecule has 1 unspecified atom stereocenters. The largest absolute Gasteiger partial charge is 0.480 e. The summed E-state index contributed by atoms with van der Waals surface area (Å²) >= 11 is 0. The van der Waals surface area contributed by atoms with Crippen LogP contribution >= 0.6 is 7.82 Å². The first kappa shape index (κ1) is 54.1. The summed E-state index contributed by atoms with van der Waals surface area (Å²) in [5, 5.41) is 40.2. The fourth-order valence-electron chi connectivity index (χ4n) is 6.34. The highest BCUT2D eigenvalue weighted by atomic mass is 31.2. The standard InChI is InChI=1S/C44H74NO13P/c1-3-5-7-8-9-10-11-12-13-14-15-16-17-18-19-20-22-28-43(50)58-36(33-56-59(53,54)57-34-39(45)44(51)52)32-55-42(49)27-24-23-26-37-38(41(48)31-40(37)47)30-29-35(46)25-21-6-4-2/h9-10,12-13,15-16,23-24,29-30,35-41,46-48H,3-8,11,14,17-22,25-28,31-34,45H2,1-2H3,(H,51,52)(H,53,54)/b10-9-,13-12-,16-15-,24-23-,30-29+/t35-,36-,37+,38-,39+,40+,41-/m1/s1. The summed E-state index contributed by atoms with van der Waals surface area (Å²) in [6.45, 7) is 2.29. The molecule has 8 atom stereocenters. The van der Waals surface area contributed by atoms with E-state index in [0.717, 1.165) is 64.2 Å². The van der Waals surface area contributed by atoms with Crippen LogP contribution in [-0.4, -0.2) is 93.5 Å². The van der Waals surface area contributed by atoms with Gasteiger partial charge in [-0.25, -0.2) is 4.57 Å². The van der Waals surface area contributed by atoms with Gasteiger partial charge in [0.05, 0.1) is 37.9 Å². The average Bonchev–Trinajstić information content (AvgIpc) is 3.47. The van der Waals surface area contributed by atoms with E-state index in [2.05, 4.69) is 54.8 Å². The van der Waals surface area contributed by atoms with Crippen LogP contribution in [0.25, 0.3) is 0 Å². The van der Waals surface area contributed by atoms with Gasteiger partial charge in [-0.3, -0.25) is 23.4 Å². The van der Waals surface area contributed by atoms with Crippen LogP contribution in [0.5, 0.6) is 0 Å². The van der Waals surface area contributed by atoms with Gasteiger partial charge in [0, 0.05) is 18.8 Å². The monoisotopic (exact) mass is 855 g/mol. The van der Waals surface area contributed by atoms with Gasteiger partial charge in [-0.1, -0.05) is 120 Å². The summed E-state index contributed by atoms with van der Waals surface area (Å²) in [6, 6.07) is -1.57. The fraction of sp³-hybridized carbons (Fsp3) is 0.705. The maximum absolute atomic E-state index is 12.7. The number of unbranched alkanes of at least 4 members (excludes halogenated alkanes) is 9. The molecule has 338 valence electrons. The molecule has 15 heteroatoms. The number of nitrogens with two attached hydrogens (primary N) is 1. The third-order valence-corrected chi connectivity index (χ3v) is 10.8. The molecule has 0 aromatic heterocycles. The van der Waals surface area contributed by atoms with Crippen LogP contribution in [0, 0.1) is 11.8 Å². The molecule has 1 aliphatic rings. The van der Waals surface area contributed by atoms with Crippen LogP contribution in [0.3, 0.4) is 0 Å². The van der Waals surface area contributed by atoms with Crippen LogP contribution in [0.1, 0.15) is 136 Å². The normalized spacial score (nSPS) is 21.2. The van der Waals surface area contributed by atoms with Gasteiger partial charge in [0.2, 0.25) is 0 Å². The number of carboxylic acid groups (broad SMARTS) is 1. The van der Waals surface area contributed by atoms with Crippen molar-refractivity contribution in [1.29, 1.82) is 0 Å². The Morgan fingerprint density at radius 1 is 0.763 bits per heavy atom. The average molecular weight is 856 g/mol. The Bertz CT molecular complexity index is 1350. The lowest BCUT2D eigenvalue weighted by Gasteiger charge is -2.20. The van der Waals surface area contributed by atoms with E-state index < -0.39 is 76.0 Å². The predicted octanol–water partition coefficient (Wildman–Crippen LogP) is 7.55. The van der Waals surface area contributed by atoms with E-state index in [1.807, 2.05) is 0 Å². The lowest BCUT2D eigenvalue weighted by atomic mass is 9.89. The first-order valence-corrected chi connectivity index (χ1v) is 23.1. The number of carboxylic acids is 1. The van der Waals surface area contributed by atoms with Gasteiger partial charge in [-0.15, -0.1) is 0 Å². The first-order valence-electron chi connectivity index (χ1n) is 21.6. The van der Waals surface area contributed by atoms with Crippen LogP contribution in [-0.2, 0) is 37.5 Å². The maximum atomic E-state index is 12.7. The number of hydrogen-bond acceptors (Lipinski definition) is 12. The number of carbonyl (C=O) groups is 3. The maximum Gasteiger partial charge on any atom is 0.472 e. The second-order valence-corrected chi connectivity index (χ2v) is 16.6. The van der Waals surface area contributed by atoms with Crippen molar-refractivity contribution >= 4 is 25.7 Å². The molecule has 59 heavy (non-hydrogen) atoms. The van der Waals surface area contributed by atoms with E-state index in [9.17, 15) is 39.2 Å². The molecule has 0 saturated heterocycles. The number of ether oxygens (including phenoxy) is 2. The van der Waals surface area contributed by atoms with Gasteiger partial charge in [0.15, 0.2) is 6.10 Å². The van der Waals surface area contributed by atoms with Crippen LogP contribution in [0.4, 0.5) is 0 Å². The summed E-state index contributed by atoms with van der Waals surface area (Å²) in [5.41, 5.74) is 5.32. The molecule has 1 fully saturated rings. The predicted molar refractivity (Wildman–Crippen MR) is 228 cm³/mol. The topological polar surface area (TPSA) is 232 Å². The van der Waals surface area contributed by atoms with Crippen molar-refractivity contribution < 1.29 is 62.8 Å². The number of esters is 2. The van der Waals surface area contributed by atoms with Gasteiger partial charge in [-0.05, 0) is 63.7 Å². The van der Waals surface area contributed by atoms with Gasteiger partial charge in [-0.2, -0.15) is 0 Å². The summed E-state index contributed by atoms with van der Waals surface area (Å²) in [7, 11) is -4.81. The van der Waals surface area contributed by atoms with Gasteiger partial charge in [0.1, 0.15) is 12.6 Å². The van der Waals surface area contributed by atoms with Crippen LogP contribution in [0.15, 0.2) is 60.8 Å². The zero-order chi connectivity index (χ0) is 43.7. The number of aliphatic hydroxyl groups excluding tert-OH is 3. The Morgan fingerprint density at radius 3 is 2.03 bits per heavy atom. The molecule has 0 aromatic rings. The molecule has 0 spiro atoms. The van der Waals surface area contributed by atoms with E-state index in [-0.39, 0.29) is 31.1 Å². The summed E-state index contributed by atoms with van der Waals surface area (Å²) in [5.74, 6) is -3.43. The third kappa shape index (κ3) is 28.3. The SMILES string of the molecule is CCCCC/C=C\C/C=C\C/C=C\CCCCCCC(=O)O[C@H](COC(=O)C/C=C\C[C@H]1[C@@H](/C=C/[C@H](O)CCCCC)[C@H](O)C[C@@H]1O)COP(=O)(O)OC[C@H](N)C(=O)O. The molecule has 0 heterocycles.